The van der Waals surface area contributed by atoms with E-state index in [-0.39, 0.29) is 17.1 Å². The molecule has 0 amide bonds. The van der Waals surface area contributed by atoms with Gasteiger partial charge in [-0.2, -0.15) is 0 Å². The Labute approximate surface area is 99.4 Å². The lowest BCUT2D eigenvalue weighted by molar-refractivity contribution is 0.410. The summed E-state index contributed by atoms with van der Waals surface area (Å²) in [6, 6.07) is 7.34. The molecule has 0 radical (unpaired) electrons. The van der Waals surface area contributed by atoms with Gasteiger partial charge >= 0.3 is 17.0 Å². The van der Waals surface area contributed by atoms with Crippen LogP contribution in [0.4, 0.5) is 0 Å². The van der Waals surface area contributed by atoms with E-state index in [1.165, 1.54) is 0 Å². The van der Waals surface area contributed by atoms with Crippen LogP contribution in [0, 0.1) is 6.92 Å². The number of hydrogen-bond acceptors (Lipinski definition) is 6. The van der Waals surface area contributed by atoms with E-state index in [1.54, 1.807) is 12.1 Å². The number of benzene rings is 1. The second-order valence-corrected chi connectivity index (χ2v) is 3.79. The summed E-state index contributed by atoms with van der Waals surface area (Å²) in [6.45, 7) is 1.95. The predicted molar refractivity (Wildman–Crippen MR) is 61.3 cm³/mol. The molecule has 18 heavy (non-hydrogen) atoms. The fourth-order valence-corrected chi connectivity index (χ4v) is 1.57. The van der Waals surface area contributed by atoms with Crippen LogP contribution in [0.3, 0.4) is 0 Å². The molecule has 90 valence electrons. The van der Waals surface area contributed by atoms with Gasteiger partial charge in [-0.15, -0.1) is 0 Å². The Hall–Kier alpha value is -2.63. The summed E-state index contributed by atoms with van der Waals surface area (Å²) >= 11 is 0. The third-order valence-corrected chi connectivity index (χ3v) is 2.48. The Kier molecular flexibility index (Phi) is 2.16. The molecule has 0 fully saturated rings. The van der Waals surface area contributed by atoms with E-state index in [2.05, 4.69) is 9.57 Å². The van der Waals surface area contributed by atoms with Crippen LogP contribution in [-0.2, 0) is 0 Å². The van der Waals surface area contributed by atoms with Crippen LogP contribution in [0.1, 0.15) is 5.56 Å². The maximum absolute atomic E-state index is 11.1. The lowest BCUT2D eigenvalue weighted by atomic mass is 10.1. The zero-order valence-corrected chi connectivity index (χ0v) is 9.30. The van der Waals surface area contributed by atoms with Crippen LogP contribution in [0.15, 0.2) is 47.2 Å². The van der Waals surface area contributed by atoms with Crippen molar-refractivity contribution < 1.29 is 13.4 Å². The van der Waals surface area contributed by atoms with E-state index in [1.807, 2.05) is 19.1 Å². The van der Waals surface area contributed by atoms with Crippen LogP contribution in [0.5, 0.6) is 0 Å². The minimum atomic E-state index is -1.11. The second kappa shape index (κ2) is 3.69. The first-order chi connectivity index (χ1) is 8.65. The molecular formula is C12H7NO5. The highest BCUT2D eigenvalue weighted by Gasteiger charge is 2.17. The first-order valence-electron chi connectivity index (χ1n) is 5.16. The Morgan fingerprint density at radius 3 is 2.39 bits per heavy atom. The van der Waals surface area contributed by atoms with Crippen molar-refractivity contribution in [1.82, 2.24) is 5.16 Å². The van der Waals surface area contributed by atoms with E-state index in [0.29, 0.717) is 5.56 Å². The van der Waals surface area contributed by atoms with Crippen molar-refractivity contribution in [3.05, 3.63) is 50.7 Å². The van der Waals surface area contributed by atoms with Crippen LogP contribution in [0.25, 0.3) is 22.6 Å². The minimum Gasteiger partial charge on any atom is -0.408 e. The van der Waals surface area contributed by atoms with Crippen LogP contribution < -0.4 is 11.3 Å². The molecule has 0 saturated heterocycles. The zero-order chi connectivity index (χ0) is 12.7. The lowest BCUT2D eigenvalue weighted by Gasteiger charge is -1.95. The molecule has 2 heterocycles. The van der Waals surface area contributed by atoms with Crippen molar-refractivity contribution in [3.63, 3.8) is 0 Å². The Morgan fingerprint density at radius 2 is 1.67 bits per heavy atom. The molecule has 3 aromatic rings. The average Bonchev–Trinajstić information content (AvgIpc) is 2.74. The van der Waals surface area contributed by atoms with Crippen LogP contribution in [0.2, 0.25) is 0 Å². The maximum atomic E-state index is 11.1. The summed E-state index contributed by atoms with van der Waals surface area (Å²) in [7, 11) is 0. The summed E-state index contributed by atoms with van der Waals surface area (Å²) in [5.74, 6) is 0.255. The van der Waals surface area contributed by atoms with Gasteiger partial charge < -0.3 is 13.4 Å². The normalized spacial score (nSPS) is 10.9. The molecular weight excluding hydrogens is 238 g/mol. The van der Waals surface area contributed by atoms with E-state index in [9.17, 15) is 9.59 Å². The molecule has 0 spiro atoms. The molecule has 2 aromatic heterocycles. The molecule has 3 rings (SSSR count). The van der Waals surface area contributed by atoms with Gasteiger partial charge in [0.25, 0.3) is 0 Å². The molecule has 0 aliphatic carbocycles. The van der Waals surface area contributed by atoms with Gasteiger partial charge in [-0.25, -0.2) is 9.59 Å². The molecule has 6 heteroatoms. The third kappa shape index (κ3) is 1.55. The van der Waals surface area contributed by atoms with Gasteiger partial charge in [-0.05, 0) is 12.1 Å². The van der Waals surface area contributed by atoms with Gasteiger partial charge in [0.2, 0.25) is 11.3 Å². The number of aromatic nitrogens is 1. The van der Waals surface area contributed by atoms with Crippen molar-refractivity contribution in [2.75, 3.05) is 0 Å². The van der Waals surface area contributed by atoms with Crippen LogP contribution >= 0.6 is 0 Å². The van der Waals surface area contributed by atoms with Gasteiger partial charge in [0.15, 0.2) is 0 Å². The monoisotopic (exact) mass is 245 g/mol. The van der Waals surface area contributed by atoms with Crippen molar-refractivity contribution in [2.45, 2.75) is 6.92 Å². The standard InChI is InChI=1S/C12H7NO5/c1-6-2-4-7(5-3-6)8-9-10(13-18-8)17-12(15)11(14)16-9/h2-5H,1H3. The lowest BCUT2D eigenvalue weighted by Crippen LogP contribution is -2.20. The van der Waals surface area contributed by atoms with Gasteiger partial charge in [-0.1, -0.05) is 29.8 Å². The number of rotatable bonds is 1. The summed E-state index contributed by atoms with van der Waals surface area (Å²) in [6.07, 6.45) is 0. The fraction of sp³-hybridized carbons (Fsp3) is 0.0833. The number of aryl methyl sites for hydroxylation is 1. The second-order valence-electron chi connectivity index (χ2n) is 3.79. The SMILES string of the molecule is Cc1ccc(-c2onc3oc(=O)c(=O)oc23)cc1. The molecule has 0 aliphatic rings. The number of nitrogens with zero attached hydrogens (tertiary/aromatic N) is 1. The highest BCUT2D eigenvalue weighted by molar-refractivity contribution is 5.82. The minimum absolute atomic E-state index is 0.0310. The maximum Gasteiger partial charge on any atom is 0.424 e. The van der Waals surface area contributed by atoms with Crippen molar-refractivity contribution in [2.24, 2.45) is 0 Å². The third-order valence-electron chi connectivity index (χ3n) is 2.48. The molecule has 0 unspecified atom stereocenters. The van der Waals surface area contributed by atoms with Gasteiger partial charge in [-0.3, -0.25) is 0 Å². The molecule has 0 N–H and O–H groups in total. The number of hydrogen-bond donors (Lipinski definition) is 0. The molecule has 6 nitrogen and oxygen atoms in total. The summed E-state index contributed by atoms with van der Waals surface area (Å²) in [5.41, 5.74) is -0.528. The average molecular weight is 245 g/mol. The summed E-state index contributed by atoms with van der Waals surface area (Å²) in [4.78, 5) is 22.1. The highest BCUT2D eigenvalue weighted by Crippen LogP contribution is 2.27. The van der Waals surface area contributed by atoms with Gasteiger partial charge in [0.1, 0.15) is 0 Å². The predicted octanol–water partition coefficient (Wildman–Crippen LogP) is 1.71. The van der Waals surface area contributed by atoms with Crippen LogP contribution in [-0.4, -0.2) is 5.16 Å². The first kappa shape index (κ1) is 10.5. The number of fused-ring (bicyclic) bond motifs is 1. The fourth-order valence-electron chi connectivity index (χ4n) is 1.57. The van der Waals surface area contributed by atoms with E-state index in [0.717, 1.165) is 5.56 Å². The van der Waals surface area contributed by atoms with Gasteiger partial charge in [0.05, 0.1) is 0 Å². The van der Waals surface area contributed by atoms with Crippen molar-refractivity contribution in [1.29, 1.82) is 0 Å². The Morgan fingerprint density at radius 1 is 1.00 bits per heavy atom. The highest BCUT2D eigenvalue weighted by atomic mass is 16.5. The largest absolute Gasteiger partial charge is 0.424 e. The van der Waals surface area contributed by atoms with Crippen molar-refractivity contribution in [3.8, 4) is 11.3 Å². The molecule has 0 bridgehead atoms. The summed E-state index contributed by atoms with van der Waals surface area (Å²) < 4.78 is 14.5. The molecule has 0 saturated carbocycles. The zero-order valence-electron chi connectivity index (χ0n) is 9.30. The summed E-state index contributed by atoms with van der Waals surface area (Å²) in [5, 5.41) is 3.55. The molecule has 1 aromatic carbocycles. The first-order valence-corrected chi connectivity index (χ1v) is 5.16. The Bertz CT molecular complexity index is 822. The Balaban J connectivity index is 2.30. The van der Waals surface area contributed by atoms with Crippen molar-refractivity contribution >= 4 is 11.3 Å². The van der Waals surface area contributed by atoms with E-state index in [4.69, 9.17) is 8.94 Å². The van der Waals surface area contributed by atoms with Gasteiger partial charge in [0, 0.05) is 5.56 Å². The van der Waals surface area contributed by atoms with E-state index >= 15 is 0 Å². The quantitative estimate of drug-likeness (QED) is 0.606. The smallest absolute Gasteiger partial charge is 0.408 e. The topological polar surface area (TPSA) is 86.5 Å². The van der Waals surface area contributed by atoms with E-state index < -0.39 is 11.3 Å². The molecule has 0 atom stereocenters. The molecule has 0 aliphatic heterocycles.